The number of anilines is 2. The minimum Gasteiger partial charge on any atom is -0.429 e. The van der Waals surface area contributed by atoms with Crippen LogP contribution in [0.2, 0.25) is 5.28 Å². The summed E-state index contributed by atoms with van der Waals surface area (Å²) in [5.41, 5.74) is 0.0556. The SMILES string of the molecule is CC(C)S(=O)(=O)c1ncccc1Nc1nc(Cl)ncc1OC(F)F. The van der Waals surface area contributed by atoms with Gasteiger partial charge in [0, 0.05) is 6.20 Å². The Balaban J connectivity index is 2.48. The van der Waals surface area contributed by atoms with Crippen LogP contribution in [0, 0.1) is 0 Å². The molecule has 0 radical (unpaired) electrons. The predicted molar refractivity (Wildman–Crippen MR) is 83.5 cm³/mol. The second-order valence-corrected chi connectivity index (χ2v) is 7.56. The van der Waals surface area contributed by atoms with E-state index in [1.807, 2.05) is 0 Å². The fraction of sp³-hybridized carbons (Fsp3) is 0.308. The number of aromatic nitrogens is 3. The van der Waals surface area contributed by atoms with Gasteiger partial charge in [-0.2, -0.15) is 13.8 Å². The van der Waals surface area contributed by atoms with Gasteiger partial charge in [-0.25, -0.2) is 18.4 Å². The zero-order valence-electron chi connectivity index (χ0n) is 12.6. The van der Waals surface area contributed by atoms with Crippen molar-refractivity contribution in [2.45, 2.75) is 30.7 Å². The molecular formula is C13H13ClF2N4O3S. The monoisotopic (exact) mass is 378 g/mol. The van der Waals surface area contributed by atoms with E-state index in [0.29, 0.717) is 0 Å². The van der Waals surface area contributed by atoms with Gasteiger partial charge in [0.25, 0.3) is 0 Å². The molecule has 0 fully saturated rings. The molecule has 130 valence electrons. The lowest BCUT2D eigenvalue weighted by Gasteiger charge is -2.15. The van der Waals surface area contributed by atoms with Crippen molar-refractivity contribution in [3.05, 3.63) is 29.8 Å². The van der Waals surface area contributed by atoms with Crippen LogP contribution in [-0.2, 0) is 9.84 Å². The van der Waals surface area contributed by atoms with Gasteiger partial charge in [0.2, 0.25) is 5.28 Å². The number of ether oxygens (including phenoxy) is 1. The molecule has 2 aromatic rings. The van der Waals surface area contributed by atoms with Crippen LogP contribution in [-0.4, -0.2) is 35.2 Å². The van der Waals surface area contributed by atoms with E-state index in [1.165, 1.54) is 32.2 Å². The van der Waals surface area contributed by atoms with E-state index >= 15 is 0 Å². The fourth-order valence-electron chi connectivity index (χ4n) is 1.68. The molecule has 0 aliphatic heterocycles. The third-order valence-corrected chi connectivity index (χ3v) is 5.14. The minimum atomic E-state index is -3.71. The van der Waals surface area contributed by atoms with Gasteiger partial charge in [0.1, 0.15) is 0 Å². The van der Waals surface area contributed by atoms with Crippen molar-refractivity contribution in [3.8, 4) is 5.75 Å². The van der Waals surface area contributed by atoms with Crippen molar-refractivity contribution in [1.82, 2.24) is 15.0 Å². The van der Waals surface area contributed by atoms with E-state index in [-0.39, 0.29) is 27.6 Å². The van der Waals surface area contributed by atoms with Crippen LogP contribution in [0.3, 0.4) is 0 Å². The summed E-state index contributed by atoms with van der Waals surface area (Å²) >= 11 is 5.66. The van der Waals surface area contributed by atoms with E-state index in [9.17, 15) is 17.2 Å². The molecule has 11 heteroatoms. The van der Waals surface area contributed by atoms with Crippen LogP contribution in [0.25, 0.3) is 0 Å². The van der Waals surface area contributed by atoms with Crippen molar-refractivity contribution in [1.29, 1.82) is 0 Å². The van der Waals surface area contributed by atoms with Crippen molar-refractivity contribution >= 4 is 32.9 Å². The molecule has 7 nitrogen and oxygen atoms in total. The summed E-state index contributed by atoms with van der Waals surface area (Å²) < 4.78 is 54.0. The Bertz CT molecular complexity index is 834. The Morgan fingerprint density at radius 3 is 2.62 bits per heavy atom. The summed E-state index contributed by atoms with van der Waals surface area (Å²) in [5.74, 6) is -0.588. The van der Waals surface area contributed by atoms with Gasteiger partial charge in [0.05, 0.1) is 17.1 Å². The highest BCUT2D eigenvalue weighted by Gasteiger charge is 2.25. The largest absolute Gasteiger partial charge is 0.429 e. The van der Waals surface area contributed by atoms with Gasteiger partial charge in [-0.1, -0.05) is 0 Å². The second kappa shape index (κ2) is 7.22. The Hall–Kier alpha value is -2.07. The maximum Gasteiger partial charge on any atom is 0.387 e. The molecule has 0 aliphatic carbocycles. The van der Waals surface area contributed by atoms with Crippen molar-refractivity contribution < 1.29 is 21.9 Å². The number of nitrogens with zero attached hydrogens (tertiary/aromatic N) is 3. The number of nitrogens with one attached hydrogen (secondary N) is 1. The molecule has 24 heavy (non-hydrogen) atoms. The molecule has 2 rings (SSSR count). The average molecular weight is 379 g/mol. The highest BCUT2D eigenvalue weighted by Crippen LogP contribution is 2.30. The van der Waals surface area contributed by atoms with Crippen LogP contribution in [0.15, 0.2) is 29.6 Å². The molecule has 0 aromatic carbocycles. The normalized spacial score (nSPS) is 11.8. The number of hydrogen-bond acceptors (Lipinski definition) is 7. The molecule has 0 unspecified atom stereocenters. The summed E-state index contributed by atoms with van der Waals surface area (Å²) in [7, 11) is -3.71. The lowest BCUT2D eigenvalue weighted by atomic mass is 10.4. The molecule has 0 aliphatic rings. The molecule has 0 atom stereocenters. The van der Waals surface area contributed by atoms with Gasteiger partial charge >= 0.3 is 6.61 Å². The number of rotatable bonds is 6. The average Bonchev–Trinajstić information content (AvgIpc) is 2.50. The standard InChI is InChI=1S/C13H13ClF2N4O3S/c1-7(2)24(21,22)11-8(4-3-5-17-11)19-10-9(23-13(15)16)6-18-12(14)20-10/h3-7,13H,1-2H3,(H,18,19,20). The zero-order chi connectivity index (χ0) is 17.9. The van der Waals surface area contributed by atoms with Gasteiger partial charge in [-0.15, -0.1) is 0 Å². The molecule has 2 aromatic heterocycles. The van der Waals surface area contributed by atoms with Gasteiger partial charge < -0.3 is 10.1 Å². The number of halogens is 3. The van der Waals surface area contributed by atoms with Crippen LogP contribution in [0.5, 0.6) is 5.75 Å². The summed E-state index contributed by atoms with van der Waals surface area (Å²) in [5, 5.41) is 1.43. The fourth-order valence-corrected chi connectivity index (χ4v) is 2.90. The summed E-state index contributed by atoms with van der Waals surface area (Å²) in [6, 6.07) is 2.91. The first-order valence-electron chi connectivity index (χ1n) is 6.65. The predicted octanol–water partition coefficient (Wildman–Crippen LogP) is 3.05. The highest BCUT2D eigenvalue weighted by molar-refractivity contribution is 7.92. The Labute approximate surface area is 142 Å². The lowest BCUT2D eigenvalue weighted by molar-refractivity contribution is -0.0497. The topological polar surface area (TPSA) is 94.1 Å². The lowest BCUT2D eigenvalue weighted by Crippen LogP contribution is -2.17. The van der Waals surface area contributed by atoms with Crippen LogP contribution in [0.1, 0.15) is 13.8 Å². The van der Waals surface area contributed by atoms with Crippen LogP contribution >= 0.6 is 11.6 Å². The van der Waals surface area contributed by atoms with Crippen molar-refractivity contribution in [2.75, 3.05) is 5.32 Å². The number of alkyl halides is 2. The highest BCUT2D eigenvalue weighted by atomic mass is 35.5. The van der Waals surface area contributed by atoms with Crippen molar-refractivity contribution in [2.24, 2.45) is 0 Å². The Morgan fingerprint density at radius 1 is 1.29 bits per heavy atom. The first-order valence-corrected chi connectivity index (χ1v) is 8.57. The smallest absolute Gasteiger partial charge is 0.387 e. The third kappa shape index (κ3) is 4.06. The molecule has 0 saturated heterocycles. The zero-order valence-corrected chi connectivity index (χ0v) is 14.1. The Kier molecular flexibility index (Phi) is 5.50. The molecular weight excluding hydrogens is 366 g/mol. The van der Waals surface area contributed by atoms with Gasteiger partial charge in [0.15, 0.2) is 26.4 Å². The first-order chi connectivity index (χ1) is 11.2. The Morgan fingerprint density at radius 2 is 2.00 bits per heavy atom. The third-order valence-electron chi connectivity index (χ3n) is 2.86. The van der Waals surface area contributed by atoms with E-state index in [4.69, 9.17) is 11.6 Å². The number of pyridine rings is 1. The molecule has 0 saturated carbocycles. The summed E-state index contributed by atoms with van der Waals surface area (Å²) in [6.07, 6.45) is 2.26. The molecule has 0 bridgehead atoms. The van der Waals surface area contributed by atoms with E-state index in [1.54, 1.807) is 0 Å². The molecule has 2 heterocycles. The molecule has 0 amide bonds. The van der Waals surface area contributed by atoms with E-state index < -0.39 is 21.7 Å². The first kappa shape index (κ1) is 18.3. The summed E-state index contributed by atoms with van der Waals surface area (Å²) in [4.78, 5) is 11.2. The number of sulfone groups is 1. The van der Waals surface area contributed by atoms with Crippen molar-refractivity contribution in [3.63, 3.8) is 0 Å². The van der Waals surface area contributed by atoms with Gasteiger partial charge in [-0.05, 0) is 37.6 Å². The quantitative estimate of drug-likeness (QED) is 0.772. The van der Waals surface area contributed by atoms with E-state index in [0.717, 1.165) is 6.20 Å². The molecule has 0 spiro atoms. The summed E-state index contributed by atoms with van der Waals surface area (Å²) in [6.45, 7) is -0.107. The van der Waals surface area contributed by atoms with Gasteiger partial charge in [-0.3, -0.25) is 0 Å². The van der Waals surface area contributed by atoms with Crippen LogP contribution in [0.4, 0.5) is 20.3 Å². The van der Waals surface area contributed by atoms with Crippen LogP contribution < -0.4 is 10.1 Å². The molecule has 1 N–H and O–H groups in total. The van der Waals surface area contributed by atoms with E-state index in [2.05, 4.69) is 25.0 Å². The second-order valence-electron chi connectivity index (χ2n) is 4.81. The number of hydrogen-bond donors (Lipinski definition) is 1. The maximum absolute atomic E-state index is 12.5. The maximum atomic E-state index is 12.5. The minimum absolute atomic E-state index is 0.0556.